The summed E-state index contributed by atoms with van der Waals surface area (Å²) in [7, 11) is -3.54. The van der Waals surface area contributed by atoms with Gasteiger partial charge in [-0.25, -0.2) is 8.42 Å². The lowest BCUT2D eigenvalue weighted by Gasteiger charge is -2.21. The molecule has 2 fully saturated rings. The summed E-state index contributed by atoms with van der Waals surface area (Å²) in [6.45, 7) is 1.67. The highest BCUT2D eigenvalue weighted by Gasteiger charge is 2.35. The fourth-order valence-corrected chi connectivity index (χ4v) is 5.70. The second kappa shape index (κ2) is 9.79. The van der Waals surface area contributed by atoms with Crippen LogP contribution in [0.15, 0.2) is 53.6 Å². The minimum Gasteiger partial charge on any atom is -0.350 e. The lowest BCUT2D eigenvalue weighted by molar-refractivity contribution is -0.126. The van der Waals surface area contributed by atoms with E-state index in [1.165, 1.54) is 0 Å². The molecule has 32 heavy (non-hydrogen) atoms. The van der Waals surface area contributed by atoms with E-state index >= 15 is 0 Å². The second-order valence-corrected chi connectivity index (χ2v) is 10.2. The quantitative estimate of drug-likeness (QED) is 0.719. The molecule has 2 amide bonds. The molecule has 1 aromatic carbocycles. The van der Waals surface area contributed by atoms with Crippen molar-refractivity contribution >= 4 is 27.5 Å². The van der Waals surface area contributed by atoms with E-state index in [2.05, 4.69) is 10.3 Å². The number of hydrogen-bond donors (Lipinski definition) is 1. The van der Waals surface area contributed by atoms with E-state index in [0.717, 1.165) is 31.4 Å². The summed E-state index contributed by atoms with van der Waals surface area (Å²) in [4.78, 5) is 31.0. The molecule has 0 spiro atoms. The highest BCUT2D eigenvalue weighted by molar-refractivity contribution is 7.89. The predicted molar refractivity (Wildman–Crippen MR) is 120 cm³/mol. The summed E-state index contributed by atoms with van der Waals surface area (Å²) in [5, 5.41) is 2.84. The first-order chi connectivity index (χ1) is 15.4. The monoisotopic (exact) mass is 456 g/mol. The SMILES string of the molecule is O=C(NCc1ccccn1)[C@@H]1CC(=O)N(c2ccc(S(=O)(=O)N3CCCCCC3)cc2)C1. The Morgan fingerprint density at radius 2 is 1.75 bits per heavy atom. The number of pyridine rings is 1. The van der Waals surface area contributed by atoms with Crippen molar-refractivity contribution in [3.8, 4) is 0 Å². The van der Waals surface area contributed by atoms with Crippen molar-refractivity contribution in [1.82, 2.24) is 14.6 Å². The molecule has 4 rings (SSSR count). The molecule has 2 aliphatic heterocycles. The molecule has 0 saturated carbocycles. The van der Waals surface area contributed by atoms with Crippen LogP contribution in [0.4, 0.5) is 5.69 Å². The summed E-state index contributed by atoms with van der Waals surface area (Å²) >= 11 is 0. The number of anilines is 1. The average Bonchev–Trinajstić information content (AvgIpc) is 3.00. The van der Waals surface area contributed by atoms with Crippen LogP contribution >= 0.6 is 0 Å². The third-order valence-corrected chi connectivity index (χ3v) is 7.93. The molecular weight excluding hydrogens is 428 g/mol. The van der Waals surface area contributed by atoms with Gasteiger partial charge in [0.2, 0.25) is 21.8 Å². The number of nitrogens with one attached hydrogen (secondary N) is 1. The first-order valence-electron chi connectivity index (χ1n) is 11.0. The van der Waals surface area contributed by atoms with E-state index in [0.29, 0.717) is 25.3 Å². The van der Waals surface area contributed by atoms with E-state index < -0.39 is 15.9 Å². The number of aromatic nitrogens is 1. The minimum absolute atomic E-state index is 0.127. The first kappa shape index (κ1) is 22.4. The van der Waals surface area contributed by atoms with Gasteiger partial charge in [-0.1, -0.05) is 18.9 Å². The van der Waals surface area contributed by atoms with E-state index in [9.17, 15) is 18.0 Å². The molecule has 9 heteroatoms. The molecule has 8 nitrogen and oxygen atoms in total. The van der Waals surface area contributed by atoms with Crippen LogP contribution in [0.1, 0.15) is 37.8 Å². The first-order valence-corrected chi connectivity index (χ1v) is 12.5. The maximum atomic E-state index is 13.0. The van der Waals surface area contributed by atoms with Crippen molar-refractivity contribution in [2.24, 2.45) is 5.92 Å². The van der Waals surface area contributed by atoms with Gasteiger partial charge in [-0.2, -0.15) is 4.31 Å². The molecule has 1 atom stereocenters. The Morgan fingerprint density at radius 3 is 2.41 bits per heavy atom. The molecule has 2 aliphatic rings. The van der Waals surface area contributed by atoms with E-state index in [4.69, 9.17) is 0 Å². The van der Waals surface area contributed by atoms with Crippen molar-refractivity contribution in [3.05, 3.63) is 54.4 Å². The van der Waals surface area contributed by atoms with Crippen molar-refractivity contribution in [2.45, 2.75) is 43.5 Å². The Kier molecular flexibility index (Phi) is 6.86. The van der Waals surface area contributed by atoms with Gasteiger partial charge in [-0.05, 0) is 49.2 Å². The highest BCUT2D eigenvalue weighted by atomic mass is 32.2. The topological polar surface area (TPSA) is 99.7 Å². The Morgan fingerprint density at radius 1 is 1.03 bits per heavy atom. The third kappa shape index (κ3) is 4.99. The van der Waals surface area contributed by atoms with Crippen LogP contribution < -0.4 is 10.2 Å². The number of nitrogens with zero attached hydrogens (tertiary/aromatic N) is 3. The maximum Gasteiger partial charge on any atom is 0.243 e. The summed E-state index contributed by atoms with van der Waals surface area (Å²) in [5.74, 6) is -0.787. The highest BCUT2D eigenvalue weighted by Crippen LogP contribution is 2.28. The van der Waals surface area contributed by atoms with Gasteiger partial charge in [0.15, 0.2) is 0 Å². The van der Waals surface area contributed by atoms with Crippen LogP contribution in [0.2, 0.25) is 0 Å². The van der Waals surface area contributed by atoms with Crippen LogP contribution in [-0.4, -0.2) is 49.2 Å². The smallest absolute Gasteiger partial charge is 0.243 e. The maximum absolute atomic E-state index is 13.0. The second-order valence-electron chi connectivity index (χ2n) is 8.26. The van der Waals surface area contributed by atoms with Crippen LogP contribution in [0.5, 0.6) is 0 Å². The molecule has 2 saturated heterocycles. The fraction of sp³-hybridized carbons (Fsp3) is 0.435. The number of carbonyl (C=O) groups excluding carboxylic acids is 2. The standard InChI is InChI=1S/C23H28N4O4S/c28-22-15-18(23(29)25-16-19-7-3-4-12-24-19)17-27(22)20-8-10-21(11-9-20)32(30,31)26-13-5-1-2-6-14-26/h3-4,7-12,18H,1-2,5-6,13-17H2,(H,25,29)/t18-/m1/s1. The summed E-state index contributed by atoms with van der Waals surface area (Å²) < 4.78 is 27.5. The number of amides is 2. The van der Waals surface area contributed by atoms with Crippen molar-refractivity contribution in [3.63, 3.8) is 0 Å². The van der Waals surface area contributed by atoms with E-state index in [1.54, 1.807) is 39.7 Å². The summed E-state index contributed by atoms with van der Waals surface area (Å²) in [6.07, 6.45) is 5.66. The van der Waals surface area contributed by atoms with E-state index in [1.807, 2.05) is 18.2 Å². The van der Waals surface area contributed by atoms with Gasteiger partial charge in [0.1, 0.15) is 0 Å². The number of rotatable bonds is 6. The Balaban J connectivity index is 1.39. The molecule has 0 radical (unpaired) electrons. The van der Waals surface area contributed by atoms with Gasteiger partial charge in [0.05, 0.1) is 23.1 Å². The van der Waals surface area contributed by atoms with Gasteiger partial charge in [0, 0.05) is 37.9 Å². The Labute approximate surface area is 188 Å². The lowest BCUT2D eigenvalue weighted by atomic mass is 10.1. The van der Waals surface area contributed by atoms with Crippen molar-refractivity contribution < 1.29 is 18.0 Å². The van der Waals surface area contributed by atoms with Crippen LogP contribution in [0.25, 0.3) is 0 Å². The third-order valence-electron chi connectivity index (χ3n) is 6.02. The van der Waals surface area contributed by atoms with Crippen LogP contribution in [0.3, 0.4) is 0 Å². The number of benzene rings is 1. The molecule has 0 aliphatic carbocycles. The zero-order valence-electron chi connectivity index (χ0n) is 17.9. The molecule has 2 aromatic rings. The van der Waals surface area contributed by atoms with Crippen molar-refractivity contribution in [2.75, 3.05) is 24.5 Å². The molecule has 1 aromatic heterocycles. The van der Waals surface area contributed by atoms with Gasteiger partial charge in [-0.3, -0.25) is 14.6 Å². The normalized spacial score (nSPS) is 20.2. The Hall–Kier alpha value is -2.78. The average molecular weight is 457 g/mol. The molecule has 3 heterocycles. The predicted octanol–water partition coefficient (Wildman–Crippen LogP) is 2.32. The van der Waals surface area contributed by atoms with Gasteiger partial charge in [0.25, 0.3) is 0 Å². The number of carbonyl (C=O) groups is 2. The summed E-state index contributed by atoms with van der Waals surface area (Å²) in [6, 6.07) is 11.9. The van der Waals surface area contributed by atoms with Crippen molar-refractivity contribution in [1.29, 1.82) is 0 Å². The van der Waals surface area contributed by atoms with Gasteiger partial charge < -0.3 is 10.2 Å². The zero-order chi connectivity index (χ0) is 22.6. The molecule has 0 unspecified atom stereocenters. The molecule has 170 valence electrons. The van der Waals surface area contributed by atoms with Crippen LogP contribution in [0, 0.1) is 5.92 Å². The number of sulfonamides is 1. The largest absolute Gasteiger partial charge is 0.350 e. The zero-order valence-corrected chi connectivity index (χ0v) is 18.8. The molecular formula is C23H28N4O4S. The van der Waals surface area contributed by atoms with Gasteiger partial charge in [-0.15, -0.1) is 0 Å². The molecule has 1 N–H and O–H groups in total. The van der Waals surface area contributed by atoms with Gasteiger partial charge >= 0.3 is 0 Å². The lowest BCUT2D eigenvalue weighted by Crippen LogP contribution is -2.33. The van der Waals surface area contributed by atoms with Crippen LogP contribution in [-0.2, 0) is 26.2 Å². The summed E-state index contributed by atoms with van der Waals surface area (Å²) in [5.41, 5.74) is 1.35. The molecule has 0 bridgehead atoms. The number of hydrogen-bond acceptors (Lipinski definition) is 5. The fourth-order valence-electron chi connectivity index (χ4n) is 4.19. The van der Waals surface area contributed by atoms with E-state index in [-0.39, 0.29) is 29.7 Å². The minimum atomic E-state index is -3.54. The Bertz CT molecular complexity index is 1050.